The highest BCUT2D eigenvalue weighted by atomic mass is 127. The third-order valence-corrected chi connectivity index (χ3v) is 3.80. The van der Waals surface area contributed by atoms with Gasteiger partial charge in [-0.05, 0) is 20.8 Å². The highest BCUT2D eigenvalue weighted by Crippen LogP contribution is 2.16. The van der Waals surface area contributed by atoms with Gasteiger partial charge < -0.3 is 15.4 Å². The number of aromatic nitrogens is 1. The van der Waals surface area contributed by atoms with Crippen LogP contribution in [0.2, 0.25) is 0 Å². The van der Waals surface area contributed by atoms with Crippen LogP contribution in [0.25, 0.3) is 0 Å². The molecule has 7 heteroatoms. The molecule has 0 bridgehead atoms. The normalized spacial score (nSPS) is 12.8. The Bertz CT molecular complexity index is 423. The van der Waals surface area contributed by atoms with E-state index in [4.69, 9.17) is 4.74 Å². The van der Waals surface area contributed by atoms with E-state index < -0.39 is 0 Å². The van der Waals surface area contributed by atoms with E-state index in [1.807, 2.05) is 6.92 Å². The number of halogens is 1. The number of rotatable bonds is 6. The van der Waals surface area contributed by atoms with Crippen molar-refractivity contribution in [2.24, 2.45) is 4.99 Å². The minimum absolute atomic E-state index is 0. The van der Waals surface area contributed by atoms with E-state index in [1.165, 1.54) is 4.88 Å². The van der Waals surface area contributed by atoms with Gasteiger partial charge in [-0.15, -0.1) is 35.3 Å². The number of guanidine groups is 1. The maximum absolute atomic E-state index is 5.09. The van der Waals surface area contributed by atoms with E-state index in [0.29, 0.717) is 6.61 Å². The largest absolute Gasteiger partial charge is 0.383 e. The molecule has 0 saturated heterocycles. The van der Waals surface area contributed by atoms with Crippen LogP contribution in [0.5, 0.6) is 0 Å². The highest BCUT2D eigenvalue weighted by molar-refractivity contribution is 14.0. The second kappa shape index (κ2) is 10.3. The average Bonchev–Trinajstić information content (AvgIpc) is 2.67. The van der Waals surface area contributed by atoms with Crippen LogP contribution < -0.4 is 10.6 Å². The summed E-state index contributed by atoms with van der Waals surface area (Å²) in [5, 5.41) is 7.71. The molecule has 0 aromatic carbocycles. The summed E-state index contributed by atoms with van der Waals surface area (Å²) < 4.78 is 5.09. The number of methoxy groups -OCH3 is 1. The van der Waals surface area contributed by atoms with Crippen molar-refractivity contribution in [3.63, 3.8) is 0 Å². The number of nitrogens with zero attached hydrogens (tertiary/aromatic N) is 2. The lowest BCUT2D eigenvalue weighted by molar-refractivity contribution is 0.179. The molecular formula is C13H25IN4OS. The monoisotopic (exact) mass is 412 g/mol. The smallest absolute Gasteiger partial charge is 0.191 e. The number of hydrogen-bond acceptors (Lipinski definition) is 4. The van der Waals surface area contributed by atoms with Crippen molar-refractivity contribution in [3.05, 3.63) is 15.6 Å². The van der Waals surface area contributed by atoms with Crippen LogP contribution >= 0.6 is 35.3 Å². The van der Waals surface area contributed by atoms with Crippen LogP contribution in [0.15, 0.2) is 4.99 Å². The Morgan fingerprint density at radius 3 is 2.65 bits per heavy atom. The van der Waals surface area contributed by atoms with E-state index in [2.05, 4.69) is 34.5 Å². The van der Waals surface area contributed by atoms with Gasteiger partial charge in [-0.3, -0.25) is 4.99 Å². The molecule has 0 amide bonds. The highest BCUT2D eigenvalue weighted by Gasteiger charge is 2.06. The van der Waals surface area contributed by atoms with Crippen molar-refractivity contribution in [1.82, 2.24) is 15.6 Å². The van der Waals surface area contributed by atoms with E-state index in [0.717, 1.165) is 29.6 Å². The lowest BCUT2D eigenvalue weighted by Crippen LogP contribution is -2.44. The molecule has 1 atom stereocenters. The van der Waals surface area contributed by atoms with Crippen LogP contribution in [0.1, 0.15) is 22.5 Å². The van der Waals surface area contributed by atoms with E-state index in [9.17, 15) is 0 Å². The summed E-state index contributed by atoms with van der Waals surface area (Å²) in [4.78, 5) is 9.96. The average molecular weight is 412 g/mol. The zero-order chi connectivity index (χ0) is 14.3. The van der Waals surface area contributed by atoms with Crippen LogP contribution in [0.4, 0.5) is 0 Å². The van der Waals surface area contributed by atoms with Gasteiger partial charge in [0.2, 0.25) is 0 Å². The number of nitrogens with one attached hydrogen (secondary N) is 2. The Balaban J connectivity index is 0.00000361. The quantitative estimate of drug-likeness (QED) is 0.427. The molecule has 0 saturated carbocycles. The Labute approximate surface area is 142 Å². The molecule has 1 heterocycles. The molecule has 0 spiro atoms. The summed E-state index contributed by atoms with van der Waals surface area (Å²) in [7, 11) is 3.47. The molecule has 1 rings (SSSR count). The fourth-order valence-electron chi connectivity index (χ4n) is 1.82. The van der Waals surface area contributed by atoms with Crippen LogP contribution in [-0.2, 0) is 11.2 Å². The Morgan fingerprint density at radius 1 is 1.45 bits per heavy atom. The molecule has 0 aliphatic rings. The van der Waals surface area contributed by atoms with Crippen LogP contribution in [0, 0.1) is 13.8 Å². The number of aryl methyl sites for hydroxylation is 2. The summed E-state index contributed by atoms with van der Waals surface area (Å²) in [5.74, 6) is 0.809. The van der Waals surface area contributed by atoms with Gasteiger partial charge in [0.25, 0.3) is 0 Å². The Morgan fingerprint density at radius 2 is 2.15 bits per heavy atom. The van der Waals surface area contributed by atoms with E-state index >= 15 is 0 Å². The summed E-state index contributed by atoms with van der Waals surface area (Å²) >= 11 is 1.76. The fourth-order valence-corrected chi connectivity index (χ4v) is 2.76. The van der Waals surface area contributed by atoms with Gasteiger partial charge in [0.15, 0.2) is 5.96 Å². The second-order valence-electron chi connectivity index (χ2n) is 4.49. The number of ether oxygens (including phenoxy) is 1. The topological polar surface area (TPSA) is 58.5 Å². The first-order valence-corrected chi connectivity index (χ1v) is 7.27. The molecule has 0 radical (unpaired) electrons. The Hall–Kier alpha value is -0.410. The third-order valence-electron chi connectivity index (χ3n) is 2.67. The molecule has 2 N–H and O–H groups in total. The van der Waals surface area contributed by atoms with E-state index in [-0.39, 0.29) is 30.0 Å². The number of hydrogen-bond donors (Lipinski definition) is 2. The van der Waals surface area contributed by atoms with Gasteiger partial charge in [0, 0.05) is 38.0 Å². The number of thiazole rings is 1. The maximum atomic E-state index is 5.09. The first-order chi connectivity index (χ1) is 9.06. The predicted octanol–water partition coefficient (Wildman–Crippen LogP) is 2.12. The third kappa shape index (κ3) is 6.85. The first kappa shape index (κ1) is 19.6. The first-order valence-electron chi connectivity index (χ1n) is 6.45. The summed E-state index contributed by atoms with van der Waals surface area (Å²) in [6.07, 6.45) is 0.969. The van der Waals surface area contributed by atoms with Crippen molar-refractivity contribution in [2.45, 2.75) is 33.2 Å². The number of aliphatic imine (C=N–C) groups is 1. The molecule has 0 aliphatic heterocycles. The summed E-state index contributed by atoms with van der Waals surface area (Å²) in [5.41, 5.74) is 1.14. The van der Waals surface area contributed by atoms with Crippen LogP contribution in [-0.4, -0.2) is 44.3 Å². The van der Waals surface area contributed by atoms with Gasteiger partial charge >= 0.3 is 0 Å². The van der Waals surface area contributed by atoms with Crippen LogP contribution in [0.3, 0.4) is 0 Å². The van der Waals surface area contributed by atoms with Gasteiger partial charge in [-0.2, -0.15) is 0 Å². The lowest BCUT2D eigenvalue weighted by Gasteiger charge is -2.17. The van der Waals surface area contributed by atoms with Gasteiger partial charge in [0.05, 0.1) is 17.3 Å². The minimum Gasteiger partial charge on any atom is -0.383 e. The van der Waals surface area contributed by atoms with Crippen molar-refractivity contribution >= 4 is 41.3 Å². The SMILES string of the molecule is CN=C(NCCc1sc(C)nc1C)NC(C)COC.I. The zero-order valence-electron chi connectivity index (χ0n) is 12.8. The lowest BCUT2D eigenvalue weighted by atomic mass is 10.3. The zero-order valence-corrected chi connectivity index (χ0v) is 16.0. The summed E-state index contributed by atoms with van der Waals surface area (Å²) in [6, 6.07) is 0.239. The minimum atomic E-state index is 0. The van der Waals surface area contributed by atoms with Crippen molar-refractivity contribution in [1.29, 1.82) is 0 Å². The molecule has 1 aromatic heterocycles. The standard InChI is InChI=1S/C13H24N4OS.HI/c1-9(8-18-5)16-13(14-4)15-7-6-12-10(2)17-11(3)19-12;/h9H,6-8H2,1-5H3,(H2,14,15,16);1H. The van der Waals surface area contributed by atoms with Crippen molar-refractivity contribution < 1.29 is 4.74 Å². The predicted molar refractivity (Wildman–Crippen MR) is 96.5 cm³/mol. The van der Waals surface area contributed by atoms with Gasteiger partial charge in [-0.25, -0.2) is 4.98 Å². The van der Waals surface area contributed by atoms with Crippen molar-refractivity contribution in [2.75, 3.05) is 27.3 Å². The molecule has 116 valence electrons. The van der Waals surface area contributed by atoms with Gasteiger partial charge in [-0.1, -0.05) is 0 Å². The molecule has 0 aliphatic carbocycles. The second-order valence-corrected chi connectivity index (χ2v) is 5.78. The molecule has 5 nitrogen and oxygen atoms in total. The van der Waals surface area contributed by atoms with E-state index in [1.54, 1.807) is 25.5 Å². The molecule has 0 fully saturated rings. The molecule has 1 unspecified atom stereocenters. The Kier molecular flexibility index (Phi) is 10.1. The summed E-state index contributed by atoms with van der Waals surface area (Å²) in [6.45, 7) is 7.68. The van der Waals surface area contributed by atoms with Crippen molar-refractivity contribution in [3.8, 4) is 0 Å². The fraction of sp³-hybridized carbons (Fsp3) is 0.692. The maximum Gasteiger partial charge on any atom is 0.191 e. The molecule has 20 heavy (non-hydrogen) atoms. The van der Waals surface area contributed by atoms with Gasteiger partial charge in [0.1, 0.15) is 0 Å². The molecular weight excluding hydrogens is 387 g/mol. The molecule has 1 aromatic rings.